The highest BCUT2D eigenvalue weighted by molar-refractivity contribution is 7.80. The molecule has 0 amide bonds. The summed E-state index contributed by atoms with van der Waals surface area (Å²) in [6.07, 6.45) is 0. The lowest BCUT2D eigenvalue weighted by atomic mass is 9.99. The maximum atomic E-state index is 5.60. The first kappa shape index (κ1) is 14.4. The Labute approximate surface area is 110 Å². The van der Waals surface area contributed by atoms with Crippen LogP contribution >= 0.6 is 12.6 Å². The second-order valence-corrected chi connectivity index (χ2v) is 4.79. The van der Waals surface area contributed by atoms with E-state index in [0.717, 1.165) is 18.1 Å². The van der Waals surface area contributed by atoms with Gasteiger partial charge in [-0.15, -0.1) is 0 Å². The summed E-state index contributed by atoms with van der Waals surface area (Å²) < 4.78 is 11.1. The van der Waals surface area contributed by atoms with Gasteiger partial charge in [0, 0.05) is 0 Å². The topological polar surface area (TPSA) is 18.5 Å². The van der Waals surface area contributed by atoms with Crippen molar-refractivity contribution in [1.29, 1.82) is 0 Å². The molecule has 1 aromatic rings. The molecule has 0 aliphatic heterocycles. The third kappa shape index (κ3) is 5.99. The van der Waals surface area contributed by atoms with Gasteiger partial charge in [-0.25, -0.2) is 0 Å². The van der Waals surface area contributed by atoms with E-state index in [4.69, 9.17) is 9.47 Å². The van der Waals surface area contributed by atoms with E-state index in [1.807, 2.05) is 30.3 Å². The largest absolute Gasteiger partial charge is 0.491 e. The smallest absolute Gasteiger partial charge is 0.119 e. The molecule has 0 aromatic heterocycles. The molecule has 0 N–H and O–H groups in total. The molecule has 1 aromatic carbocycles. The Morgan fingerprint density at radius 3 is 2.41 bits per heavy atom. The number of thiol groups is 1. The number of hydrogen-bond acceptors (Lipinski definition) is 3. The fourth-order valence-corrected chi connectivity index (χ4v) is 1.95. The van der Waals surface area contributed by atoms with Gasteiger partial charge in [0.1, 0.15) is 12.4 Å². The molecular weight excluding hydrogens is 232 g/mol. The summed E-state index contributed by atoms with van der Waals surface area (Å²) in [6, 6.07) is 9.80. The summed E-state index contributed by atoms with van der Waals surface area (Å²) >= 11 is 4.33. The van der Waals surface area contributed by atoms with Gasteiger partial charge in [0.2, 0.25) is 0 Å². The van der Waals surface area contributed by atoms with Crippen LogP contribution in [0.3, 0.4) is 0 Å². The van der Waals surface area contributed by atoms with Crippen LogP contribution in [-0.4, -0.2) is 25.6 Å². The monoisotopic (exact) mass is 254 g/mol. The lowest BCUT2D eigenvalue weighted by Gasteiger charge is -2.18. The van der Waals surface area contributed by atoms with Gasteiger partial charge in [-0.05, 0) is 29.7 Å². The summed E-state index contributed by atoms with van der Waals surface area (Å²) in [4.78, 5) is 0. The van der Waals surface area contributed by atoms with Crippen molar-refractivity contribution in [3.8, 4) is 5.75 Å². The fourth-order valence-electron chi connectivity index (χ4n) is 1.43. The lowest BCUT2D eigenvalue weighted by Crippen LogP contribution is -2.19. The summed E-state index contributed by atoms with van der Waals surface area (Å²) in [5.41, 5.74) is 0. The van der Waals surface area contributed by atoms with Crippen LogP contribution in [0.25, 0.3) is 0 Å². The highest BCUT2D eigenvalue weighted by Crippen LogP contribution is 2.13. The van der Waals surface area contributed by atoms with Crippen LogP contribution in [0.4, 0.5) is 0 Å². The van der Waals surface area contributed by atoms with E-state index in [-0.39, 0.29) is 0 Å². The number of ether oxygens (including phenoxy) is 2. The molecule has 0 fully saturated rings. The second kappa shape index (κ2) is 8.43. The van der Waals surface area contributed by atoms with Crippen LogP contribution in [0.5, 0.6) is 5.75 Å². The van der Waals surface area contributed by atoms with E-state index in [1.54, 1.807) is 0 Å². The molecule has 0 radical (unpaired) electrons. The molecule has 1 atom stereocenters. The van der Waals surface area contributed by atoms with E-state index in [2.05, 4.69) is 26.5 Å². The average Bonchev–Trinajstić information content (AvgIpc) is 2.34. The summed E-state index contributed by atoms with van der Waals surface area (Å²) in [5, 5.41) is 0. The third-order valence-corrected chi connectivity index (χ3v) is 3.22. The Hall–Kier alpha value is -0.670. The quantitative estimate of drug-likeness (QED) is 0.567. The Morgan fingerprint density at radius 2 is 1.82 bits per heavy atom. The molecule has 0 saturated carbocycles. The third-order valence-electron chi connectivity index (χ3n) is 2.75. The number of para-hydroxylation sites is 1. The van der Waals surface area contributed by atoms with Gasteiger partial charge in [0.25, 0.3) is 0 Å². The number of hydrogen-bond donors (Lipinski definition) is 1. The molecule has 1 unspecified atom stereocenters. The maximum absolute atomic E-state index is 5.60. The predicted octanol–water partition coefficient (Wildman–Crippen LogP) is 3.28. The molecule has 3 heteroatoms. The normalized spacial score (nSPS) is 12.7. The van der Waals surface area contributed by atoms with Gasteiger partial charge < -0.3 is 9.47 Å². The van der Waals surface area contributed by atoms with Crippen LogP contribution in [0.2, 0.25) is 0 Å². The second-order valence-electron chi connectivity index (χ2n) is 4.42. The molecule has 0 saturated heterocycles. The highest BCUT2D eigenvalue weighted by Gasteiger charge is 2.11. The first-order chi connectivity index (χ1) is 8.24. The Balaban J connectivity index is 2.08. The van der Waals surface area contributed by atoms with Crippen LogP contribution in [0, 0.1) is 11.8 Å². The average molecular weight is 254 g/mol. The van der Waals surface area contributed by atoms with Gasteiger partial charge in [0.15, 0.2) is 0 Å². The number of benzene rings is 1. The zero-order valence-corrected chi connectivity index (χ0v) is 11.5. The van der Waals surface area contributed by atoms with Crippen LogP contribution < -0.4 is 4.74 Å². The van der Waals surface area contributed by atoms with E-state index in [0.29, 0.717) is 25.0 Å². The molecular formula is C14H22O2S. The van der Waals surface area contributed by atoms with Crippen molar-refractivity contribution in [3.05, 3.63) is 30.3 Å². The Morgan fingerprint density at radius 1 is 1.12 bits per heavy atom. The number of rotatable bonds is 8. The van der Waals surface area contributed by atoms with E-state index >= 15 is 0 Å². The van der Waals surface area contributed by atoms with Gasteiger partial charge in [-0.1, -0.05) is 32.0 Å². The predicted molar refractivity (Wildman–Crippen MR) is 74.9 cm³/mol. The van der Waals surface area contributed by atoms with Crippen molar-refractivity contribution >= 4 is 12.6 Å². The van der Waals surface area contributed by atoms with E-state index in [9.17, 15) is 0 Å². The standard InChI is InChI=1S/C14H22O2S/c1-12(2)13(11-17)10-15-8-9-16-14-6-4-3-5-7-14/h3-7,12-13,17H,8-11H2,1-2H3. The van der Waals surface area contributed by atoms with Crippen molar-refractivity contribution in [1.82, 2.24) is 0 Å². The molecule has 0 aliphatic rings. The molecule has 96 valence electrons. The van der Waals surface area contributed by atoms with Crippen molar-refractivity contribution < 1.29 is 9.47 Å². The fraction of sp³-hybridized carbons (Fsp3) is 0.571. The first-order valence-electron chi connectivity index (χ1n) is 6.10. The maximum Gasteiger partial charge on any atom is 0.119 e. The molecule has 0 spiro atoms. The van der Waals surface area contributed by atoms with Crippen LogP contribution in [0.15, 0.2) is 30.3 Å². The molecule has 1 rings (SSSR count). The minimum atomic E-state index is 0.523. The molecule has 0 heterocycles. The summed E-state index contributed by atoms with van der Waals surface area (Å²) in [5.74, 6) is 2.90. The van der Waals surface area contributed by atoms with Crippen molar-refractivity contribution in [3.63, 3.8) is 0 Å². The summed E-state index contributed by atoms with van der Waals surface area (Å²) in [6.45, 7) is 6.39. The van der Waals surface area contributed by atoms with E-state index < -0.39 is 0 Å². The Kier molecular flexibility index (Phi) is 7.13. The van der Waals surface area contributed by atoms with Gasteiger partial charge in [-0.2, -0.15) is 12.6 Å². The van der Waals surface area contributed by atoms with Crippen LogP contribution in [0.1, 0.15) is 13.8 Å². The molecule has 17 heavy (non-hydrogen) atoms. The van der Waals surface area contributed by atoms with Gasteiger partial charge >= 0.3 is 0 Å². The van der Waals surface area contributed by atoms with Crippen molar-refractivity contribution in [2.24, 2.45) is 11.8 Å². The molecule has 0 aliphatic carbocycles. The van der Waals surface area contributed by atoms with E-state index in [1.165, 1.54) is 0 Å². The zero-order valence-electron chi connectivity index (χ0n) is 10.6. The lowest BCUT2D eigenvalue weighted by molar-refractivity contribution is 0.0682. The summed E-state index contributed by atoms with van der Waals surface area (Å²) in [7, 11) is 0. The Bertz CT molecular complexity index is 288. The molecule has 0 bridgehead atoms. The highest BCUT2D eigenvalue weighted by atomic mass is 32.1. The van der Waals surface area contributed by atoms with Crippen LogP contribution in [-0.2, 0) is 4.74 Å². The minimum absolute atomic E-state index is 0.523. The van der Waals surface area contributed by atoms with Crippen molar-refractivity contribution in [2.45, 2.75) is 13.8 Å². The van der Waals surface area contributed by atoms with Gasteiger partial charge in [-0.3, -0.25) is 0 Å². The minimum Gasteiger partial charge on any atom is -0.491 e. The SMILES string of the molecule is CC(C)C(CS)COCCOc1ccccc1. The zero-order chi connectivity index (χ0) is 12.5. The first-order valence-corrected chi connectivity index (χ1v) is 6.73. The van der Waals surface area contributed by atoms with Gasteiger partial charge in [0.05, 0.1) is 13.2 Å². The van der Waals surface area contributed by atoms with Crippen molar-refractivity contribution in [2.75, 3.05) is 25.6 Å². The molecule has 2 nitrogen and oxygen atoms in total.